The predicted octanol–water partition coefficient (Wildman–Crippen LogP) is 3.26. The van der Waals surface area contributed by atoms with Crippen molar-refractivity contribution in [2.45, 2.75) is 23.2 Å². The van der Waals surface area contributed by atoms with Crippen LogP contribution in [-0.2, 0) is 0 Å². The van der Waals surface area contributed by atoms with Gasteiger partial charge in [-0.3, -0.25) is 4.79 Å². The van der Waals surface area contributed by atoms with E-state index in [1.165, 1.54) is 11.8 Å². The fraction of sp³-hybridized carbons (Fsp3) is 0.333. The first kappa shape index (κ1) is 16.5. The number of nitrogens with zero attached hydrogens (tertiary/aromatic N) is 1. The van der Waals surface area contributed by atoms with Crippen molar-refractivity contribution in [3.63, 3.8) is 0 Å². The van der Waals surface area contributed by atoms with Gasteiger partial charge in [-0.05, 0) is 42.4 Å². The molecule has 0 saturated heterocycles. The average Bonchev–Trinajstić information content (AvgIpc) is 3.41. The largest absolute Gasteiger partial charge is 0.493 e. The number of aromatic nitrogens is 1. The molecule has 0 aliphatic heterocycles. The van der Waals surface area contributed by atoms with E-state index in [9.17, 15) is 4.79 Å². The van der Waals surface area contributed by atoms with Gasteiger partial charge in [-0.15, -0.1) is 11.8 Å². The van der Waals surface area contributed by atoms with Gasteiger partial charge >= 0.3 is 0 Å². The first-order valence-electron chi connectivity index (χ1n) is 7.56. The number of nitrogens with one attached hydrogen (secondary N) is 1. The summed E-state index contributed by atoms with van der Waals surface area (Å²) in [6.45, 7) is 0. The zero-order valence-electron chi connectivity index (χ0n) is 13.8. The maximum absolute atomic E-state index is 12.1. The molecule has 2 aromatic rings. The molecule has 1 heterocycles. The van der Waals surface area contributed by atoms with E-state index in [2.05, 4.69) is 4.98 Å². The summed E-state index contributed by atoms with van der Waals surface area (Å²) in [6, 6.07) is 9.82. The highest BCUT2D eigenvalue weighted by molar-refractivity contribution is 7.98. The Morgan fingerprint density at radius 1 is 1.21 bits per heavy atom. The number of pyridine rings is 1. The summed E-state index contributed by atoms with van der Waals surface area (Å²) in [7, 11) is 3.23. The molecule has 1 N–H and O–H groups in total. The van der Waals surface area contributed by atoms with Crippen LogP contribution in [0.2, 0.25) is 0 Å². The topological polar surface area (TPSA) is 75.1 Å². The van der Waals surface area contributed by atoms with E-state index in [1.54, 1.807) is 14.2 Å². The molecular formula is C18H18N2O3S. The highest BCUT2D eigenvalue weighted by Crippen LogP contribution is 2.55. The van der Waals surface area contributed by atoms with Crippen LogP contribution in [-0.4, -0.2) is 25.5 Å². The van der Waals surface area contributed by atoms with Crippen molar-refractivity contribution in [2.24, 2.45) is 0 Å². The number of hydrogen-bond acceptors (Lipinski definition) is 5. The Balaban J connectivity index is 1.89. The van der Waals surface area contributed by atoms with Gasteiger partial charge in [0.2, 0.25) is 0 Å². The third kappa shape index (κ3) is 2.87. The molecule has 1 saturated carbocycles. The zero-order valence-corrected chi connectivity index (χ0v) is 14.6. The molecule has 5 nitrogen and oxygen atoms in total. The molecular weight excluding hydrogens is 324 g/mol. The molecule has 1 aromatic heterocycles. The van der Waals surface area contributed by atoms with Crippen LogP contribution < -0.4 is 15.0 Å². The lowest BCUT2D eigenvalue weighted by atomic mass is 10.1. The van der Waals surface area contributed by atoms with Crippen LogP contribution >= 0.6 is 11.8 Å². The van der Waals surface area contributed by atoms with Crippen molar-refractivity contribution >= 4 is 11.8 Å². The van der Waals surface area contributed by atoms with E-state index in [4.69, 9.17) is 14.7 Å². The Kier molecular flexibility index (Phi) is 4.54. The molecule has 2 atom stereocenters. The van der Waals surface area contributed by atoms with Crippen molar-refractivity contribution in [2.75, 3.05) is 20.5 Å². The lowest BCUT2D eigenvalue weighted by Crippen LogP contribution is -2.13. The lowest BCUT2D eigenvalue weighted by molar-refractivity contribution is 0.354. The summed E-state index contributed by atoms with van der Waals surface area (Å²) < 4.78 is 10.6. The van der Waals surface area contributed by atoms with Crippen LogP contribution in [0.1, 0.15) is 35.1 Å². The standard InChI is InChI=1S/C18H18N2O3S/c1-22-15-5-4-10(6-16(15)23-2)11-7-12(11)14-8-17(24-3)13(9-19)18(21)20-14/h4-6,8,11-12H,7H2,1-3H3,(H,20,21). The van der Waals surface area contributed by atoms with Gasteiger partial charge in [0.05, 0.1) is 14.2 Å². The number of benzene rings is 1. The quantitative estimate of drug-likeness (QED) is 0.844. The van der Waals surface area contributed by atoms with Crippen molar-refractivity contribution < 1.29 is 9.47 Å². The minimum atomic E-state index is -0.308. The van der Waals surface area contributed by atoms with Crippen molar-refractivity contribution in [3.05, 3.63) is 51.4 Å². The first-order valence-corrected chi connectivity index (χ1v) is 8.78. The molecule has 1 aromatic carbocycles. The summed E-state index contributed by atoms with van der Waals surface area (Å²) in [6.07, 6.45) is 2.84. The van der Waals surface area contributed by atoms with E-state index in [0.717, 1.165) is 22.6 Å². The van der Waals surface area contributed by atoms with Crippen LogP contribution in [0, 0.1) is 11.3 Å². The summed E-state index contributed by atoms with van der Waals surface area (Å²) >= 11 is 1.42. The lowest BCUT2D eigenvalue weighted by Gasteiger charge is -2.10. The van der Waals surface area contributed by atoms with E-state index >= 15 is 0 Å². The Morgan fingerprint density at radius 2 is 1.96 bits per heavy atom. The van der Waals surface area contributed by atoms with Gasteiger partial charge in [0.25, 0.3) is 5.56 Å². The second-order valence-corrected chi connectivity index (χ2v) is 6.52. The van der Waals surface area contributed by atoms with E-state index in [-0.39, 0.29) is 17.0 Å². The number of rotatable bonds is 5. The number of nitriles is 1. The molecule has 24 heavy (non-hydrogen) atoms. The minimum absolute atomic E-state index is 0.189. The minimum Gasteiger partial charge on any atom is -0.493 e. The summed E-state index contributed by atoms with van der Waals surface area (Å²) in [5.74, 6) is 2.01. The Hall–Kier alpha value is -2.39. The molecule has 0 amide bonds. The maximum atomic E-state index is 12.1. The number of ether oxygens (including phenoxy) is 2. The first-order chi connectivity index (χ1) is 11.6. The molecule has 0 radical (unpaired) electrons. The van der Waals surface area contributed by atoms with Gasteiger partial charge in [0.15, 0.2) is 11.5 Å². The fourth-order valence-corrected chi connectivity index (χ4v) is 3.60. The van der Waals surface area contributed by atoms with Crippen LogP contribution in [0.15, 0.2) is 34.0 Å². The molecule has 1 aliphatic carbocycles. The molecule has 0 spiro atoms. The monoisotopic (exact) mass is 342 g/mol. The van der Waals surface area contributed by atoms with Gasteiger partial charge in [0.1, 0.15) is 11.6 Å². The zero-order chi connectivity index (χ0) is 17.3. The van der Waals surface area contributed by atoms with Crippen LogP contribution in [0.3, 0.4) is 0 Å². The van der Waals surface area contributed by atoms with Gasteiger partial charge < -0.3 is 14.5 Å². The molecule has 2 unspecified atom stereocenters. The second-order valence-electron chi connectivity index (χ2n) is 5.67. The number of aromatic amines is 1. The van der Waals surface area contributed by atoms with E-state index < -0.39 is 0 Å². The average molecular weight is 342 g/mol. The number of H-pyrrole nitrogens is 1. The molecule has 1 aliphatic rings. The molecule has 1 fully saturated rings. The molecule has 6 heteroatoms. The van der Waals surface area contributed by atoms with Gasteiger partial charge in [-0.2, -0.15) is 5.26 Å². The highest BCUT2D eigenvalue weighted by atomic mass is 32.2. The normalized spacial score (nSPS) is 18.8. The van der Waals surface area contributed by atoms with Crippen LogP contribution in [0.4, 0.5) is 0 Å². The van der Waals surface area contributed by atoms with Crippen molar-refractivity contribution in [1.82, 2.24) is 4.98 Å². The second kappa shape index (κ2) is 6.62. The fourth-order valence-electron chi connectivity index (χ4n) is 3.01. The molecule has 3 rings (SSSR count). The van der Waals surface area contributed by atoms with Crippen LogP contribution in [0.5, 0.6) is 11.5 Å². The smallest absolute Gasteiger partial charge is 0.267 e. The number of thioether (sulfide) groups is 1. The Morgan fingerprint density at radius 3 is 2.58 bits per heavy atom. The van der Waals surface area contributed by atoms with Gasteiger partial charge in [-0.25, -0.2) is 0 Å². The number of methoxy groups -OCH3 is 2. The van der Waals surface area contributed by atoms with Gasteiger partial charge in [-0.1, -0.05) is 6.07 Å². The summed E-state index contributed by atoms with van der Waals surface area (Å²) in [5, 5.41) is 9.10. The number of hydrogen-bond donors (Lipinski definition) is 1. The predicted molar refractivity (Wildman–Crippen MR) is 93.2 cm³/mol. The summed E-state index contributed by atoms with van der Waals surface area (Å²) in [4.78, 5) is 15.7. The Labute approximate surface area is 144 Å². The maximum Gasteiger partial charge on any atom is 0.267 e. The third-order valence-electron chi connectivity index (χ3n) is 4.38. The van der Waals surface area contributed by atoms with Crippen molar-refractivity contribution in [1.29, 1.82) is 5.26 Å². The molecule has 0 bridgehead atoms. The van der Waals surface area contributed by atoms with Crippen molar-refractivity contribution in [3.8, 4) is 17.6 Å². The van der Waals surface area contributed by atoms with E-state index in [1.807, 2.05) is 36.6 Å². The SMILES string of the molecule is COc1ccc(C2CC2c2cc(SC)c(C#N)c(=O)[nH]2)cc1OC. The highest BCUT2D eigenvalue weighted by Gasteiger charge is 2.41. The third-order valence-corrected chi connectivity index (χ3v) is 5.14. The summed E-state index contributed by atoms with van der Waals surface area (Å²) in [5.41, 5.74) is 1.93. The molecule has 124 valence electrons. The van der Waals surface area contributed by atoms with E-state index in [0.29, 0.717) is 17.4 Å². The Bertz CT molecular complexity index is 870. The van der Waals surface area contributed by atoms with Crippen LogP contribution in [0.25, 0.3) is 0 Å². The van der Waals surface area contributed by atoms with Gasteiger partial charge in [0, 0.05) is 16.5 Å².